The van der Waals surface area contributed by atoms with Crippen molar-refractivity contribution in [3.05, 3.63) is 50.8 Å². The van der Waals surface area contributed by atoms with Crippen molar-refractivity contribution < 1.29 is 19.2 Å². The molecular weight excluding hydrogens is 379 g/mol. The number of hydrogen-bond donors (Lipinski definition) is 2. The third-order valence-corrected chi connectivity index (χ3v) is 5.13. The number of aromatic nitrogens is 1. The molecular formula is C18H20Cl2N2O4. The van der Waals surface area contributed by atoms with E-state index >= 15 is 0 Å². The number of carboxylic acids is 1. The van der Waals surface area contributed by atoms with E-state index in [-0.39, 0.29) is 17.4 Å². The van der Waals surface area contributed by atoms with Gasteiger partial charge in [-0.05, 0) is 44.4 Å². The lowest BCUT2D eigenvalue weighted by Gasteiger charge is -2.28. The zero-order valence-electron chi connectivity index (χ0n) is 14.9. The molecule has 0 saturated heterocycles. The van der Waals surface area contributed by atoms with Crippen molar-refractivity contribution in [3.63, 3.8) is 0 Å². The van der Waals surface area contributed by atoms with Gasteiger partial charge in [0.2, 0.25) is 5.91 Å². The molecule has 8 heteroatoms. The van der Waals surface area contributed by atoms with Gasteiger partial charge >= 0.3 is 5.97 Å². The number of nitrogens with zero attached hydrogens (tertiary/aromatic N) is 1. The van der Waals surface area contributed by atoms with Gasteiger partial charge in [0.1, 0.15) is 5.76 Å². The lowest BCUT2D eigenvalue weighted by molar-refractivity contribution is -0.147. The Kier molecular flexibility index (Phi) is 5.98. The number of aryl methyl sites for hydroxylation is 2. The molecule has 1 aromatic heterocycles. The average molecular weight is 399 g/mol. The second kappa shape index (κ2) is 7.68. The van der Waals surface area contributed by atoms with E-state index in [1.54, 1.807) is 13.8 Å². The molecule has 2 atom stereocenters. The standard InChI is InChI=1S/C18H20Cl2N2O4/c1-9(16-10(2)22-26-11(16)3)7-15(23)21-18(4,17(24)25)12-5-6-13(19)14(20)8-12/h5-6,8-9H,7H2,1-4H3,(H,21,23)(H,24,25). The van der Waals surface area contributed by atoms with Crippen LogP contribution in [0, 0.1) is 13.8 Å². The third-order valence-electron chi connectivity index (χ3n) is 4.39. The Morgan fingerprint density at radius 3 is 2.46 bits per heavy atom. The first-order valence-corrected chi connectivity index (χ1v) is 8.74. The highest BCUT2D eigenvalue weighted by atomic mass is 35.5. The van der Waals surface area contributed by atoms with Gasteiger partial charge in [-0.2, -0.15) is 0 Å². The summed E-state index contributed by atoms with van der Waals surface area (Å²) in [5, 5.41) is 16.7. The van der Waals surface area contributed by atoms with Gasteiger partial charge < -0.3 is 14.9 Å². The van der Waals surface area contributed by atoms with Gasteiger partial charge in [0, 0.05) is 12.0 Å². The molecule has 0 aliphatic heterocycles. The van der Waals surface area contributed by atoms with Crippen LogP contribution < -0.4 is 5.32 Å². The van der Waals surface area contributed by atoms with E-state index in [9.17, 15) is 14.7 Å². The Bertz CT molecular complexity index is 830. The second-order valence-corrected chi connectivity index (χ2v) is 7.26. The van der Waals surface area contributed by atoms with Crippen molar-refractivity contribution in [1.82, 2.24) is 10.5 Å². The average Bonchev–Trinajstić information content (AvgIpc) is 2.88. The van der Waals surface area contributed by atoms with Crippen molar-refractivity contribution >= 4 is 35.1 Å². The maximum Gasteiger partial charge on any atom is 0.333 e. The summed E-state index contributed by atoms with van der Waals surface area (Å²) in [6, 6.07) is 4.47. The van der Waals surface area contributed by atoms with Crippen LogP contribution in [-0.4, -0.2) is 22.1 Å². The Hall–Kier alpha value is -2.05. The number of rotatable bonds is 6. The van der Waals surface area contributed by atoms with Gasteiger partial charge in [-0.15, -0.1) is 0 Å². The van der Waals surface area contributed by atoms with Gasteiger partial charge in [0.25, 0.3) is 0 Å². The summed E-state index contributed by atoms with van der Waals surface area (Å²) in [5.41, 5.74) is 0.266. The van der Waals surface area contributed by atoms with E-state index in [0.29, 0.717) is 22.0 Å². The maximum atomic E-state index is 12.5. The van der Waals surface area contributed by atoms with Gasteiger partial charge in [0.15, 0.2) is 5.54 Å². The van der Waals surface area contributed by atoms with Crippen LogP contribution in [0.1, 0.15) is 48.8 Å². The minimum atomic E-state index is -1.64. The Labute approximate surface area is 161 Å². The van der Waals surface area contributed by atoms with Crippen LogP contribution in [0.15, 0.2) is 22.7 Å². The van der Waals surface area contributed by atoms with Crippen molar-refractivity contribution in [2.45, 2.75) is 45.6 Å². The summed E-state index contributed by atoms with van der Waals surface area (Å²) in [5.74, 6) is -1.14. The van der Waals surface area contributed by atoms with Crippen LogP contribution in [0.4, 0.5) is 0 Å². The van der Waals surface area contributed by atoms with Crippen LogP contribution in [-0.2, 0) is 15.1 Å². The highest BCUT2D eigenvalue weighted by molar-refractivity contribution is 6.42. The summed E-state index contributed by atoms with van der Waals surface area (Å²) in [7, 11) is 0. The molecule has 0 fully saturated rings. The number of benzene rings is 1. The molecule has 0 saturated carbocycles. The predicted octanol–water partition coefficient (Wildman–Crippen LogP) is 4.21. The second-order valence-electron chi connectivity index (χ2n) is 6.45. The molecule has 2 rings (SSSR count). The van der Waals surface area contributed by atoms with Crippen LogP contribution in [0.3, 0.4) is 0 Å². The van der Waals surface area contributed by atoms with Gasteiger partial charge in [0.05, 0.1) is 15.7 Å². The number of carboxylic acid groups (broad SMARTS) is 1. The first-order chi connectivity index (χ1) is 12.1. The molecule has 2 aromatic rings. The molecule has 1 heterocycles. The zero-order valence-corrected chi connectivity index (χ0v) is 16.4. The minimum Gasteiger partial charge on any atom is -0.479 e. The van der Waals surface area contributed by atoms with Crippen LogP contribution in [0.25, 0.3) is 0 Å². The smallest absolute Gasteiger partial charge is 0.333 e. The number of halogens is 2. The van der Waals surface area contributed by atoms with Crippen molar-refractivity contribution in [2.75, 3.05) is 0 Å². The monoisotopic (exact) mass is 398 g/mol. The Morgan fingerprint density at radius 1 is 1.31 bits per heavy atom. The largest absolute Gasteiger partial charge is 0.479 e. The number of nitrogens with one attached hydrogen (secondary N) is 1. The molecule has 0 aliphatic carbocycles. The molecule has 0 bridgehead atoms. The summed E-state index contributed by atoms with van der Waals surface area (Å²) in [6.45, 7) is 6.86. The highest BCUT2D eigenvalue weighted by Gasteiger charge is 2.37. The maximum absolute atomic E-state index is 12.5. The Morgan fingerprint density at radius 2 is 1.96 bits per heavy atom. The quantitative estimate of drug-likeness (QED) is 0.759. The summed E-state index contributed by atoms with van der Waals surface area (Å²) in [4.78, 5) is 24.4. The molecule has 0 aliphatic rings. The fourth-order valence-corrected chi connectivity index (χ4v) is 3.26. The number of carbonyl (C=O) groups excluding carboxylic acids is 1. The number of carbonyl (C=O) groups is 2. The van der Waals surface area contributed by atoms with Crippen LogP contribution in [0.2, 0.25) is 10.0 Å². The van der Waals surface area contributed by atoms with E-state index in [4.69, 9.17) is 27.7 Å². The summed E-state index contributed by atoms with van der Waals surface area (Å²) in [6.07, 6.45) is 0.0904. The first kappa shape index (κ1) is 20.3. The zero-order chi connectivity index (χ0) is 19.6. The molecule has 1 aromatic carbocycles. The molecule has 1 amide bonds. The van der Waals surface area contributed by atoms with Gasteiger partial charge in [-0.3, -0.25) is 4.79 Å². The number of hydrogen-bond acceptors (Lipinski definition) is 4. The normalized spacial score (nSPS) is 14.5. The number of amides is 1. The first-order valence-electron chi connectivity index (χ1n) is 7.99. The fraction of sp³-hybridized carbons (Fsp3) is 0.389. The lowest BCUT2D eigenvalue weighted by Crippen LogP contribution is -2.49. The van der Waals surface area contributed by atoms with Crippen LogP contribution >= 0.6 is 23.2 Å². The molecule has 2 N–H and O–H groups in total. The van der Waals surface area contributed by atoms with Crippen molar-refractivity contribution in [2.24, 2.45) is 0 Å². The van der Waals surface area contributed by atoms with Gasteiger partial charge in [-0.1, -0.05) is 41.3 Å². The molecule has 6 nitrogen and oxygen atoms in total. The highest BCUT2D eigenvalue weighted by Crippen LogP contribution is 2.30. The summed E-state index contributed by atoms with van der Waals surface area (Å²) >= 11 is 11.9. The molecule has 26 heavy (non-hydrogen) atoms. The van der Waals surface area contributed by atoms with E-state index in [1.807, 2.05) is 6.92 Å². The minimum absolute atomic E-state index is 0.0904. The molecule has 2 unspecified atom stereocenters. The third kappa shape index (κ3) is 4.02. The summed E-state index contributed by atoms with van der Waals surface area (Å²) < 4.78 is 5.13. The van der Waals surface area contributed by atoms with E-state index < -0.39 is 17.4 Å². The van der Waals surface area contributed by atoms with Gasteiger partial charge in [-0.25, -0.2) is 4.79 Å². The lowest BCUT2D eigenvalue weighted by atomic mass is 9.90. The Balaban J connectivity index is 2.22. The van der Waals surface area contributed by atoms with Crippen molar-refractivity contribution in [1.29, 1.82) is 0 Å². The fourth-order valence-electron chi connectivity index (χ4n) is 2.96. The van der Waals surface area contributed by atoms with Crippen molar-refractivity contribution in [3.8, 4) is 0 Å². The van der Waals surface area contributed by atoms with E-state index in [0.717, 1.165) is 5.56 Å². The topological polar surface area (TPSA) is 92.4 Å². The number of aliphatic carboxylic acids is 1. The molecule has 0 radical (unpaired) electrons. The van der Waals surface area contributed by atoms with E-state index in [1.165, 1.54) is 25.1 Å². The molecule has 0 spiro atoms. The van der Waals surface area contributed by atoms with E-state index in [2.05, 4.69) is 10.5 Å². The van der Waals surface area contributed by atoms with Crippen LogP contribution in [0.5, 0.6) is 0 Å². The SMILES string of the molecule is Cc1noc(C)c1C(C)CC(=O)NC(C)(C(=O)O)c1ccc(Cl)c(Cl)c1. The molecule has 140 valence electrons. The predicted molar refractivity (Wildman–Crippen MR) is 98.6 cm³/mol.